The summed E-state index contributed by atoms with van der Waals surface area (Å²) in [5.74, 6) is -0.218. The molecule has 7 nitrogen and oxygen atoms in total. The molecule has 1 saturated carbocycles. The second kappa shape index (κ2) is 9.43. The largest absolute Gasteiger partial charge is 0.391 e. The van der Waals surface area contributed by atoms with Crippen molar-refractivity contribution in [3.05, 3.63) is 53.3 Å². The number of amides is 2. The van der Waals surface area contributed by atoms with E-state index >= 15 is 0 Å². The van der Waals surface area contributed by atoms with Gasteiger partial charge in [-0.15, -0.1) is 0 Å². The Labute approximate surface area is 177 Å². The second-order valence-electron chi connectivity index (χ2n) is 8.46. The monoisotopic (exact) mass is 412 g/mol. The summed E-state index contributed by atoms with van der Waals surface area (Å²) in [6.07, 6.45) is 2.12. The average Bonchev–Trinajstić information content (AvgIpc) is 2.93. The van der Waals surface area contributed by atoms with Crippen LogP contribution in [0.5, 0.6) is 0 Å². The van der Waals surface area contributed by atoms with Crippen LogP contribution in [-0.4, -0.2) is 45.4 Å². The van der Waals surface area contributed by atoms with Crippen molar-refractivity contribution in [1.82, 2.24) is 20.4 Å². The van der Waals surface area contributed by atoms with Crippen LogP contribution in [0.2, 0.25) is 0 Å². The zero-order chi connectivity index (χ0) is 21.7. The molecule has 2 amide bonds. The van der Waals surface area contributed by atoms with Crippen LogP contribution in [0, 0.1) is 13.8 Å². The van der Waals surface area contributed by atoms with Crippen molar-refractivity contribution in [2.45, 2.75) is 70.6 Å². The summed E-state index contributed by atoms with van der Waals surface area (Å²) in [5.41, 5.74) is 2.70. The Morgan fingerprint density at radius 3 is 2.53 bits per heavy atom. The highest BCUT2D eigenvalue weighted by Gasteiger charge is 2.38. The first-order valence-corrected chi connectivity index (χ1v) is 10.6. The van der Waals surface area contributed by atoms with E-state index in [1.165, 1.54) is 6.92 Å². The van der Waals surface area contributed by atoms with Gasteiger partial charge in [-0.05, 0) is 51.2 Å². The SMILES string of the molecule is CC(=O)N[C@H]1CC[C@](CNC(=O)Cn2nc(C)cc2C)(c2ccccc2)CC[C@@H]1O. The number of hydrogen-bond acceptors (Lipinski definition) is 4. The van der Waals surface area contributed by atoms with E-state index in [0.29, 0.717) is 19.4 Å². The quantitative estimate of drug-likeness (QED) is 0.632. The molecule has 1 heterocycles. The Hall–Kier alpha value is -2.67. The fourth-order valence-electron chi connectivity index (χ4n) is 4.46. The van der Waals surface area contributed by atoms with Gasteiger partial charge in [0.2, 0.25) is 11.8 Å². The molecule has 162 valence electrons. The zero-order valence-corrected chi connectivity index (χ0v) is 18.0. The van der Waals surface area contributed by atoms with Crippen molar-refractivity contribution in [3.63, 3.8) is 0 Å². The van der Waals surface area contributed by atoms with Gasteiger partial charge in [-0.2, -0.15) is 5.10 Å². The number of rotatable bonds is 6. The van der Waals surface area contributed by atoms with Crippen molar-refractivity contribution < 1.29 is 14.7 Å². The Morgan fingerprint density at radius 2 is 1.90 bits per heavy atom. The van der Waals surface area contributed by atoms with Crippen LogP contribution in [0.15, 0.2) is 36.4 Å². The summed E-state index contributed by atoms with van der Waals surface area (Å²) in [6.45, 7) is 5.99. The van der Waals surface area contributed by atoms with Crippen LogP contribution < -0.4 is 10.6 Å². The maximum Gasteiger partial charge on any atom is 0.241 e. The van der Waals surface area contributed by atoms with Crippen molar-refractivity contribution >= 4 is 11.8 Å². The average molecular weight is 413 g/mol. The van der Waals surface area contributed by atoms with Crippen LogP contribution in [0.4, 0.5) is 0 Å². The topological polar surface area (TPSA) is 96.3 Å². The van der Waals surface area contributed by atoms with Gasteiger partial charge < -0.3 is 15.7 Å². The van der Waals surface area contributed by atoms with E-state index < -0.39 is 6.10 Å². The fraction of sp³-hybridized carbons (Fsp3) is 0.522. The molecule has 0 spiro atoms. The minimum atomic E-state index is -0.593. The molecule has 0 radical (unpaired) electrons. The molecule has 1 aliphatic carbocycles. The van der Waals surface area contributed by atoms with Crippen molar-refractivity contribution in [1.29, 1.82) is 0 Å². The van der Waals surface area contributed by atoms with E-state index in [-0.39, 0.29) is 29.8 Å². The van der Waals surface area contributed by atoms with Gasteiger partial charge in [0.15, 0.2) is 0 Å². The van der Waals surface area contributed by atoms with E-state index in [4.69, 9.17) is 0 Å². The highest BCUT2D eigenvalue weighted by Crippen LogP contribution is 2.38. The lowest BCUT2D eigenvalue weighted by atomic mass is 9.74. The molecule has 3 atom stereocenters. The number of aliphatic hydroxyl groups is 1. The van der Waals surface area contributed by atoms with Gasteiger partial charge in [0.05, 0.1) is 17.8 Å². The number of hydrogen-bond donors (Lipinski definition) is 3. The Kier molecular flexibility index (Phi) is 6.92. The number of aromatic nitrogens is 2. The van der Waals surface area contributed by atoms with Gasteiger partial charge in [-0.25, -0.2) is 0 Å². The smallest absolute Gasteiger partial charge is 0.241 e. The highest BCUT2D eigenvalue weighted by atomic mass is 16.3. The molecule has 1 aliphatic rings. The zero-order valence-electron chi connectivity index (χ0n) is 18.0. The third-order valence-corrected chi connectivity index (χ3v) is 6.11. The standard InChI is InChI=1S/C23H32N4O3/c1-16-13-17(2)27(26-16)14-22(30)24-15-23(19-7-5-4-6-8-19)11-9-20(25-18(3)28)21(29)10-12-23/h4-8,13,20-21,29H,9-12,14-15H2,1-3H3,(H,24,30)(H,25,28)/t20-,21-,23-/m0/s1. The Bertz CT molecular complexity index is 880. The van der Waals surface area contributed by atoms with Crippen LogP contribution in [0.25, 0.3) is 0 Å². The molecule has 0 saturated heterocycles. The predicted molar refractivity (Wildman–Crippen MR) is 115 cm³/mol. The highest BCUT2D eigenvalue weighted by molar-refractivity contribution is 5.76. The number of benzene rings is 1. The molecule has 1 aromatic heterocycles. The van der Waals surface area contributed by atoms with Crippen LogP contribution in [0.1, 0.15) is 49.6 Å². The number of aliphatic hydroxyl groups excluding tert-OH is 1. The molecular formula is C23H32N4O3. The summed E-state index contributed by atoms with van der Waals surface area (Å²) in [6, 6.07) is 11.8. The lowest BCUT2D eigenvalue weighted by Gasteiger charge is -2.34. The first-order valence-electron chi connectivity index (χ1n) is 10.6. The normalized spacial score (nSPS) is 24.1. The summed E-state index contributed by atoms with van der Waals surface area (Å²) >= 11 is 0. The second-order valence-corrected chi connectivity index (χ2v) is 8.46. The maximum atomic E-state index is 12.7. The third-order valence-electron chi connectivity index (χ3n) is 6.11. The molecule has 0 unspecified atom stereocenters. The lowest BCUT2D eigenvalue weighted by Crippen LogP contribution is -2.42. The first-order chi connectivity index (χ1) is 14.3. The van der Waals surface area contributed by atoms with E-state index in [9.17, 15) is 14.7 Å². The first kappa shape index (κ1) is 22.0. The minimum absolute atomic E-state index is 0.0836. The Morgan fingerprint density at radius 1 is 1.20 bits per heavy atom. The van der Waals surface area contributed by atoms with Gasteiger partial charge in [0.1, 0.15) is 6.54 Å². The van der Waals surface area contributed by atoms with Crippen LogP contribution >= 0.6 is 0 Å². The molecule has 3 N–H and O–H groups in total. The van der Waals surface area contributed by atoms with E-state index in [1.54, 1.807) is 4.68 Å². The molecule has 0 aliphatic heterocycles. The van der Waals surface area contributed by atoms with Gasteiger partial charge in [0, 0.05) is 24.6 Å². The summed E-state index contributed by atoms with van der Waals surface area (Å²) in [4.78, 5) is 24.2. The number of carbonyl (C=O) groups is 2. The molecule has 0 bridgehead atoms. The molecule has 1 aromatic carbocycles. The number of nitrogens with one attached hydrogen (secondary N) is 2. The van der Waals surface area contributed by atoms with Crippen molar-refractivity contribution in [3.8, 4) is 0 Å². The summed E-state index contributed by atoms with van der Waals surface area (Å²) < 4.78 is 1.71. The molecule has 3 rings (SSSR count). The van der Waals surface area contributed by atoms with Crippen molar-refractivity contribution in [2.75, 3.05) is 6.54 Å². The van der Waals surface area contributed by atoms with Crippen LogP contribution in [-0.2, 0) is 21.5 Å². The van der Waals surface area contributed by atoms with Crippen LogP contribution in [0.3, 0.4) is 0 Å². The maximum absolute atomic E-state index is 12.7. The lowest BCUT2D eigenvalue weighted by molar-refractivity contribution is -0.122. The van der Waals surface area contributed by atoms with E-state index in [1.807, 2.05) is 38.1 Å². The van der Waals surface area contributed by atoms with Crippen molar-refractivity contribution in [2.24, 2.45) is 0 Å². The third kappa shape index (κ3) is 5.27. The molecular weight excluding hydrogens is 380 g/mol. The molecule has 2 aromatic rings. The number of nitrogens with zero attached hydrogens (tertiary/aromatic N) is 2. The minimum Gasteiger partial charge on any atom is -0.391 e. The predicted octanol–water partition coefficient (Wildman–Crippen LogP) is 1.99. The van der Waals surface area contributed by atoms with Gasteiger partial charge in [-0.3, -0.25) is 14.3 Å². The number of aryl methyl sites for hydroxylation is 2. The Balaban J connectivity index is 1.75. The summed E-state index contributed by atoms with van der Waals surface area (Å²) in [5, 5.41) is 20.9. The van der Waals surface area contributed by atoms with E-state index in [0.717, 1.165) is 29.8 Å². The van der Waals surface area contributed by atoms with Gasteiger partial charge in [-0.1, -0.05) is 30.3 Å². The molecule has 1 fully saturated rings. The number of carbonyl (C=O) groups excluding carboxylic acids is 2. The van der Waals surface area contributed by atoms with E-state index in [2.05, 4.69) is 27.9 Å². The van der Waals surface area contributed by atoms with Gasteiger partial charge >= 0.3 is 0 Å². The van der Waals surface area contributed by atoms with Gasteiger partial charge in [0.25, 0.3) is 0 Å². The molecule has 30 heavy (non-hydrogen) atoms. The fourth-order valence-corrected chi connectivity index (χ4v) is 4.46. The molecule has 7 heteroatoms. The summed E-state index contributed by atoms with van der Waals surface area (Å²) in [7, 11) is 0.